The molecule has 0 saturated heterocycles. The average molecular weight is 455 g/mol. The topological polar surface area (TPSA) is 82.3 Å². The lowest BCUT2D eigenvalue weighted by Gasteiger charge is -2.37. The second-order valence-electron chi connectivity index (χ2n) is 9.25. The van der Waals surface area contributed by atoms with Crippen molar-refractivity contribution in [3.05, 3.63) is 77.3 Å². The van der Waals surface area contributed by atoms with Gasteiger partial charge in [-0.2, -0.15) is 9.78 Å². The molecule has 6 rings (SSSR count). The molecule has 34 heavy (non-hydrogen) atoms. The standard InChI is InChI=1S/C25H19F2N7/c1-4-20-29-13-34(33-20)23-28-11-9-19(30-23)25-10-8-15(24(25,2)3)14-12-18(31-32-22(14)25)21-16(26)6-5-7-17(21)27/h1,5-7,9,11-13,15H,8,10H2,2-3H3/t15-,25-/m0/s1. The molecule has 168 valence electrons. The normalized spacial score (nSPS) is 21.9. The van der Waals surface area contributed by atoms with E-state index in [1.165, 1.54) is 29.2 Å². The van der Waals surface area contributed by atoms with Gasteiger partial charge in [0.2, 0.25) is 5.82 Å². The zero-order valence-corrected chi connectivity index (χ0v) is 18.5. The van der Waals surface area contributed by atoms with Crippen LogP contribution in [0.2, 0.25) is 0 Å². The van der Waals surface area contributed by atoms with Crippen molar-refractivity contribution in [3.8, 4) is 29.5 Å². The fourth-order valence-corrected chi connectivity index (χ4v) is 5.88. The third-order valence-corrected chi connectivity index (χ3v) is 7.51. The first-order valence-electron chi connectivity index (χ1n) is 10.9. The molecule has 0 aliphatic heterocycles. The summed E-state index contributed by atoms with van der Waals surface area (Å²) in [5.41, 5.74) is 1.79. The van der Waals surface area contributed by atoms with Crippen molar-refractivity contribution in [2.45, 2.75) is 38.0 Å². The molecule has 1 saturated carbocycles. The number of hydrogen-bond acceptors (Lipinski definition) is 6. The molecule has 0 unspecified atom stereocenters. The first-order valence-corrected chi connectivity index (χ1v) is 10.9. The number of halogens is 2. The SMILES string of the molecule is C#Cc1ncn(-c2nccc([C@@]34CC[C@@H](c5cc(-c6c(F)cccc6F)nnc53)C4(C)C)n2)n1. The molecule has 2 atom stereocenters. The maximum Gasteiger partial charge on any atom is 0.252 e. The maximum absolute atomic E-state index is 14.5. The van der Waals surface area contributed by atoms with Crippen molar-refractivity contribution in [1.82, 2.24) is 34.9 Å². The number of rotatable bonds is 3. The number of fused-ring (bicyclic) bond motifs is 5. The smallest absolute Gasteiger partial charge is 0.220 e. The predicted octanol–water partition coefficient (Wildman–Crippen LogP) is 3.98. The Morgan fingerprint density at radius 2 is 1.91 bits per heavy atom. The highest BCUT2D eigenvalue weighted by Gasteiger charge is 2.65. The van der Waals surface area contributed by atoms with Gasteiger partial charge in [-0.05, 0) is 59.9 Å². The monoisotopic (exact) mass is 455 g/mol. The lowest BCUT2D eigenvalue weighted by Crippen LogP contribution is -2.38. The fraction of sp³-hybridized carbons (Fsp3) is 0.280. The summed E-state index contributed by atoms with van der Waals surface area (Å²) in [7, 11) is 0. The largest absolute Gasteiger partial charge is 0.252 e. The van der Waals surface area contributed by atoms with E-state index in [0.29, 0.717) is 5.95 Å². The second kappa shape index (κ2) is 6.97. The van der Waals surface area contributed by atoms with Crippen molar-refractivity contribution in [2.24, 2.45) is 5.41 Å². The van der Waals surface area contributed by atoms with E-state index in [0.717, 1.165) is 29.8 Å². The molecule has 3 heterocycles. The van der Waals surface area contributed by atoms with Crippen LogP contribution in [0.1, 0.15) is 55.4 Å². The maximum atomic E-state index is 14.5. The van der Waals surface area contributed by atoms with Crippen molar-refractivity contribution < 1.29 is 8.78 Å². The molecular weight excluding hydrogens is 436 g/mol. The summed E-state index contributed by atoms with van der Waals surface area (Å²) in [6, 6.07) is 7.46. The zero-order valence-electron chi connectivity index (χ0n) is 18.5. The van der Waals surface area contributed by atoms with Crippen LogP contribution in [0.3, 0.4) is 0 Å². The van der Waals surface area contributed by atoms with Gasteiger partial charge in [-0.1, -0.05) is 19.9 Å². The summed E-state index contributed by atoms with van der Waals surface area (Å²) in [6.07, 6.45) is 10.3. The van der Waals surface area contributed by atoms with Gasteiger partial charge in [-0.15, -0.1) is 16.6 Å². The summed E-state index contributed by atoms with van der Waals surface area (Å²) in [5, 5.41) is 13.0. The number of hydrogen-bond donors (Lipinski definition) is 0. The highest BCUT2D eigenvalue weighted by molar-refractivity contribution is 5.64. The highest BCUT2D eigenvalue weighted by atomic mass is 19.1. The first kappa shape index (κ1) is 20.5. The average Bonchev–Trinajstić information content (AvgIpc) is 3.47. The third-order valence-electron chi connectivity index (χ3n) is 7.51. The quantitative estimate of drug-likeness (QED) is 0.435. The Balaban J connectivity index is 1.51. The molecule has 4 aromatic rings. The molecule has 9 heteroatoms. The molecular formula is C25H19F2N7. The molecule has 0 amide bonds. The van der Waals surface area contributed by atoms with Crippen LogP contribution in [0.25, 0.3) is 17.2 Å². The van der Waals surface area contributed by atoms with Crippen LogP contribution in [-0.4, -0.2) is 34.9 Å². The third kappa shape index (κ3) is 2.56. The van der Waals surface area contributed by atoms with Crippen molar-refractivity contribution in [3.63, 3.8) is 0 Å². The van der Waals surface area contributed by atoms with Crippen LogP contribution >= 0.6 is 0 Å². The van der Waals surface area contributed by atoms with Gasteiger partial charge in [-0.25, -0.2) is 23.7 Å². The van der Waals surface area contributed by atoms with Gasteiger partial charge in [0.05, 0.1) is 28.1 Å². The zero-order chi connectivity index (χ0) is 23.7. The molecule has 2 aliphatic rings. The van der Waals surface area contributed by atoms with Gasteiger partial charge in [0.1, 0.15) is 18.0 Å². The van der Waals surface area contributed by atoms with Gasteiger partial charge < -0.3 is 0 Å². The Morgan fingerprint density at radius 1 is 1.12 bits per heavy atom. The van der Waals surface area contributed by atoms with E-state index in [2.05, 4.69) is 45.0 Å². The fourth-order valence-electron chi connectivity index (χ4n) is 5.88. The van der Waals surface area contributed by atoms with Crippen LogP contribution < -0.4 is 0 Å². The molecule has 0 radical (unpaired) electrons. The van der Waals surface area contributed by atoms with E-state index in [4.69, 9.17) is 11.4 Å². The summed E-state index contributed by atoms with van der Waals surface area (Å²) in [5.74, 6) is 1.82. The molecule has 0 spiro atoms. The van der Waals surface area contributed by atoms with Crippen LogP contribution in [-0.2, 0) is 5.41 Å². The predicted molar refractivity (Wildman–Crippen MR) is 119 cm³/mol. The van der Waals surface area contributed by atoms with Gasteiger partial charge in [0.25, 0.3) is 5.95 Å². The Kier molecular flexibility index (Phi) is 4.21. The van der Waals surface area contributed by atoms with Crippen molar-refractivity contribution in [2.75, 3.05) is 0 Å². The van der Waals surface area contributed by atoms with E-state index in [1.54, 1.807) is 12.3 Å². The second-order valence-corrected chi connectivity index (χ2v) is 9.25. The van der Waals surface area contributed by atoms with Crippen LogP contribution in [0.5, 0.6) is 0 Å². The number of aromatic nitrogens is 7. The minimum atomic E-state index is -0.661. The summed E-state index contributed by atoms with van der Waals surface area (Å²) in [4.78, 5) is 13.2. The minimum absolute atomic E-state index is 0.143. The molecule has 7 nitrogen and oxygen atoms in total. The van der Waals surface area contributed by atoms with E-state index in [-0.39, 0.29) is 28.4 Å². The van der Waals surface area contributed by atoms with Crippen molar-refractivity contribution >= 4 is 0 Å². The Hall–Kier alpha value is -4.06. The lowest BCUT2D eigenvalue weighted by molar-refractivity contribution is 0.242. The Morgan fingerprint density at radius 3 is 2.65 bits per heavy atom. The Labute approximate surface area is 194 Å². The van der Waals surface area contributed by atoms with Gasteiger partial charge in [0.15, 0.2) is 0 Å². The number of benzene rings is 1. The van der Waals surface area contributed by atoms with Crippen LogP contribution in [0.15, 0.2) is 42.9 Å². The molecule has 0 N–H and O–H groups in total. The summed E-state index contributed by atoms with van der Waals surface area (Å²) >= 11 is 0. The van der Waals surface area contributed by atoms with Crippen LogP contribution in [0.4, 0.5) is 8.78 Å². The van der Waals surface area contributed by atoms with Gasteiger partial charge in [0, 0.05) is 6.20 Å². The lowest BCUT2D eigenvalue weighted by atomic mass is 9.66. The molecule has 2 aliphatic carbocycles. The first-order chi connectivity index (χ1) is 16.4. The van der Waals surface area contributed by atoms with E-state index in [1.807, 2.05) is 6.07 Å². The number of nitrogens with zero attached hydrogens (tertiary/aromatic N) is 7. The molecule has 3 aromatic heterocycles. The van der Waals surface area contributed by atoms with E-state index < -0.39 is 17.0 Å². The highest BCUT2D eigenvalue weighted by Crippen LogP contribution is 2.69. The minimum Gasteiger partial charge on any atom is -0.220 e. The molecule has 1 fully saturated rings. The van der Waals surface area contributed by atoms with Crippen LogP contribution in [0, 0.1) is 29.4 Å². The van der Waals surface area contributed by atoms with Crippen molar-refractivity contribution in [1.29, 1.82) is 0 Å². The van der Waals surface area contributed by atoms with E-state index in [9.17, 15) is 8.78 Å². The van der Waals surface area contributed by atoms with Gasteiger partial charge in [-0.3, -0.25) is 0 Å². The Bertz CT molecular complexity index is 1480. The summed E-state index contributed by atoms with van der Waals surface area (Å²) in [6.45, 7) is 4.37. The van der Waals surface area contributed by atoms with E-state index >= 15 is 0 Å². The molecule has 2 bridgehead atoms. The van der Waals surface area contributed by atoms with Gasteiger partial charge >= 0.3 is 0 Å². The molecule has 1 aromatic carbocycles. The summed E-state index contributed by atoms with van der Waals surface area (Å²) < 4.78 is 30.3. The number of terminal acetylenes is 1.